The number of rotatable bonds is 6. The Balaban J connectivity index is 4.09. The van der Waals surface area contributed by atoms with E-state index in [0.29, 0.717) is 6.61 Å². The Hall–Kier alpha value is -0.790. The minimum absolute atomic E-state index is 0.165. The van der Waals surface area contributed by atoms with E-state index in [1.807, 2.05) is 0 Å². The Kier molecular flexibility index (Phi) is 5.44. The lowest BCUT2D eigenvalue weighted by atomic mass is 9.81. The molecule has 0 fully saturated rings. The molecule has 0 N–H and O–H groups in total. The van der Waals surface area contributed by atoms with E-state index in [2.05, 4.69) is 27.4 Å². The number of esters is 1. The fraction of sp³-hybridized carbons (Fsp3) is 0.727. The third kappa shape index (κ3) is 3.62. The molecule has 76 valence electrons. The van der Waals surface area contributed by atoms with E-state index in [1.165, 1.54) is 6.08 Å². The van der Waals surface area contributed by atoms with Gasteiger partial charge in [0, 0.05) is 11.5 Å². The molecular formula is C11H20O2. The van der Waals surface area contributed by atoms with E-state index in [1.54, 1.807) is 0 Å². The van der Waals surface area contributed by atoms with Crippen LogP contribution < -0.4 is 0 Å². The molecule has 0 bridgehead atoms. The molecule has 0 radical (unpaired) electrons. The summed E-state index contributed by atoms with van der Waals surface area (Å²) in [5.74, 6) is -0.320. The van der Waals surface area contributed by atoms with E-state index in [-0.39, 0.29) is 11.4 Å². The lowest BCUT2D eigenvalue weighted by Crippen LogP contribution is -2.26. The molecule has 0 aromatic heterocycles. The summed E-state index contributed by atoms with van der Waals surface area (Å²) >= 11 is 0. The lowest BCUT2D eigenvalue weighted by molar-refractivity contribution is -0.141. The average molecular weight is 184 g/mol. The third-order valence-electron chi connectivity index (χ3n) is 2.94. The molecule has 0 aliphatic heterocycles. The summed E-state index contributed by atoms with van der Waals surface area (Å²) in [6.07, 6.45) is 4.35. The van der Waals surface area contributed by atoms with E-state index >= 15 is 0 Å². The van der Waals surface area contributed by atoms with Gasteiger partial charge in [0.1, 0.15) is 0 Å². The van der Waals surface area contributed by atoms with Crippen LogP contribution in [0.2, 0.25) is 0 Å². The van der Waals surface area contributed by atoms with Gasteiger partial charge in [0.15, 0.2) is 0 Å². The first-order valence-corrected chi connectivity index (χ1v) is 4.93. The van der Waals surface area contributed by atoms with Crippen LogP contribution in [0.15, 0.2) is 12.7 Å². The molecule has 0 amide bonds. The smallest absolute Gasteiger partial charge is 0.330 e. The first-order valence-electron chi connectivity index (χ1n) is 4.93. The highest BCUT2D eigenvalue weighted by Gasteiger charge is 2.25. The van der Waals surface area contributed by atoms with Crippen molar-refractivity contribution in [1.82, 2.24) is 0 Å². The van der Waals surface area contributed by atoms with Gasteiger partial charge < -0.3 is 4.74 Å². The molecule has 0 aliphatic carbocycles. The summed E-state index contributed by atoms with van der Waals surface area (Å²) in [6.45, 7) is 10.3. The van der Waals surface area contributed by atoms with Crippen molar-refractivity contribution < 1.29 is 9.53 Å². The summed E-state index contributed by atoms with van der Waals surface area (Å²) in [4.78, 5) is 10.9. The minimum atomic E-state index is -0.320. The maximum Gasteiger partial charge on any atom is 0.330 e. The maximum absolute atomic E-state index is 10.9. The van der Waals surface area contributed by atoms with Gasteiger partial charge in [-0.3, -0.25) is 0 Å². The second-order valence-electron chi connectivity index (χ2n) is 3.37. The molecule has 0 aliphatic rings. The van der Waals surface area contributed by atoms with Gasteiger partial charge in [0.2, 0.25) is 0 Å². The Morgan fingerprint density at radius 1 is 1.31 bits per heavy atom. The SMILES string of the molecule is C=CC(=O)OCC(CC)(CC)CC. The van der Waals surface area contributed by atoms with Gasteiger partial charge in [-0.25, -0.2) is 4.79 Å². The maximum atomic E-state index is 10.9. The van der Waals surface area contributed by atoms with Crippen molar-refractivity contribution in [3.63, 3.8) is 0 Å². The lowest BCUT2D eigenvalue weighted by Gasteiger charge is -2.29. The normalized spacial score (nSPS) is 11.0. The fourth-order valence-corrected chi connectivity index (χ4v) is 1.34. The van der Waals surface area contributed by atoms with Crippen LogP contribution in [-0.2, 0) is 9.53 Å². The van der Waals surface area contributed by atoms with Crippen molar-refractivity contribution in [2.75, 3.05) is 6.61 Å². The second-order valence-corrected chi connectivity index (χ2v) is 3.37. The van der Waals surface area contributed by atoms with Crippen molar-refractivity contribution in [1.29, 1.82) is 0 Å². The van der Waals surface area contributed by atoms with Crippen molar-refractivity contribution in [3.8, 4) is 0 Å². The highest BCUT2D eigenvalue weighted by atomic mass is 16.5. The van der Waals surface area contributed by atoms with Gasteiger partial charge >= 0.3 is 5.97 Å². The van der Waals surface area contributed by atoms with Crippen molar-refractivity contribution in [2.24, 2.45) is 5.41 Å². The fourth-order valence-electron chi connectivity index (χ4n) is 1.34. The number of ether oxygens (including phenoxy) is 1. The van der Waals surface area contributed by atoms with Gasteiger partial charge in [0.25, 0.3) is 0 Å². The summed E-state index contributed by atoms with van der Waals surface area (Å²) in [6, 6.07) is 0. The van der Waals surface area contributed by atoms with Crippen molar-refractivity contribution >= 4 is 5.97 Å². The Labute approximate surface area is 81.0 Å². The summed E-state index contributed by atoms with van der Waals surface area (Å²) < 4.78 is 5.07. The van der Waals surface area contributed by atoms with E-state index in [4.69, 9.17) is 4.74 Å². The van der Waals surface area contributed by atoms with Crippen molar-refractivity contribution in [2.45, 2.75) is 40.0 Å². The summed E-state index contributed by atoms with van der Waals surface area (Å²) in [5.41, 5.74) is 0.165. The standard InChI is InChI=1S/C11H20O2/c1-5-10(12)13-9-11(6-2,7-3)8-4/h5H,1,6-9H2,2-4H3. The summed E-state index contributed by atoms with van der Waals surface area (Å²) in [5, 5.41) is 0. The van der Waals surface area contributed by atoms with Crippen LogP contribution in [0.5, 0.6) is 0 Å². The number of hydrogen-bond donors (Lipinski definition) is 0. The minimum Gasteiger partial charge on any atom is -0.462 e. The summed E-state index contributed by atoms with van der Waals surface area (Å²) in [7, 11) is 0. The highest BCUT2D eigenvalue weighted by molar-refractivity contribution is 5.81. The van der Waals surface area contributed by atoms with Gasteiger partial charge in [-0.15, -0.1) is 0 Å². The molecule has 0 heterocycles. The molecule has 0 spiro atoms. The van der Waals surface area contributed by atoms with Crippen LogP contribution in [0, 0.1) is 5.41 Å². The average Bonchev–Trinajstić information content (AvgIpc) is 2.20. The van der Waals surface area contributed by atoms with Crippen molar-refractivity contribution in [3.05, 3.63) is 12.7 Å². The molecule has 13 heavy (non-hydrogen) atoms. The molecular weight excluding hydrogens is 164 g/mol. The third-order valence-corrected chi connectivity index (χ3v) is 2.94. The van der Waals surface area contributed by atoms with Gasteiger partial charge in [0.05, 0.1) is 6.61 Å². The Morgan fingerprint density at radius 3 is 2.08 bits per heavy atom. The Bertz CT molecular complexity index is 161. The van der Waals surface area contributed by atoms with Gasteiger partial charge in [-0.05, 0) is 19.3 Å². The van der Waals surface area contributed by atoms with Crippen LogP contribution in [0.1, 0.15) is 40.0 Å². The molecule has 2 heteroatoms. The number of carbonyl (C=O) groups excluding carboxylic acids is 1. The zero-order chi connectivity index (χ0) is 10.3. The van der Waals surface area contributed by atoms with Crippen LogP contribution in [-0.4, -0.2) is 12.6 Å². The van der Waals surface area contributed by atoms with E-state index < -0.39 is 0 Å². The second kappa shape index (κ2) is 5.79. The van der Waals surface area contributed by atoms with Crippen LogP contribution in [0.25, 0.3) is 0 Å². The number of carbonyl (C=O) groups is 1. The molecule has 0 rings (SSSR count). The zero-order valence-electron chi connectivity index (χ0n) is 8.93. The quantitative estimate of drug-likeness (QED) is 0.468. The predicted molar refractivity (Wildman–Crippen MR) is 54.5 cm³/mol. The largest absolute Gasteiger partial charge is 0.462 e. The van der Waals surface area contributed by atoms with Gasteiger partial charge in [-0.2, -0.15) is 0 Å². The number of hydrogen-bond acceptors (Lipinski definition) is 2. The highest BCUT2D eigenvalue weighted by Crippen LogP contribution is 2.30. The monoisotopic (exact) mass is 184 g/mol. The van der Waals surface area contributed by atoms with Crippen LogP contribution >= 0.6 is 0 Å². The predicted octanol–water partition coefficient (Wildman–Crippen LogP) is 2.93. The zero-order valence-corrected chi connectivity index (χ0v) is 8.93. The molecule has 2 nitrogen and oxygen atoms in total. The molecule has 0 aromatic rings. The Morgan fingerprint density at radius 2 is 1.77 bits per heavy atom. The van der Waals surface area contributed by atoms with Crippen LogP contribution in [0.4, 0.5) is 0 Å². The molecule has 0 saturated heterocycles. The van der Waals surface area contributed by atoms with E-state index in [9.17, 15) is 4.79 Å². The molecule has 0 unspecified atom stereocenters. The molecule has 0 aromatic carbocycles. The molecule has 0 atom stereocenters. The topological polar surface area (TPSA) is 26.3 Å². The van der Waals surface area contributed by atoms with Crippen LogP contribution in [0.3, 0.4) is 0 Å². The van der Waals surface area contributed by atoms with Gasteiger partial charge in [-0.1, -0.05) is 27.4 Å². The first-order chi connectivity index (χ1) is 6.14. The molecule has 0 saturated carbocycles. The van der Waals surface area contributed by atoms with E-state index in [0.717, 1.165) is 19.3 Å². The first kappa shape index (κ1) is 12.2.